The molecule has 0 amide bonds. The van der Waals surface area contributed by atoms with Crippen LogP contribution in [-0.2, 0) is 20.5 Å². The van der Waals surface area contributed by atoms with Gasteiger partial charge in [-0.2, -0.15) is 0 Å². The number of hydrogen-bond acceptors (Lipinski definition) is 6. The Labute approximate surface area is 151 Å². The minimum absolute atomic E-state index is 0.108. The van der Waals surface area contributed by atoms with Gasteiger partial charge in [-0.1, -0.05) is 24.3 Å². The fourth-order valence-corrected chi connectivity index (χ4v) is 3.68. The van der Waals surface area contributed by atoms with E-state index in [0.717, 1.165) is 0 Å². The first-order chi connectivity index (χ1) is 12.5. The van der Waals surface area contributed by atoms with Gasteiger partial charge in [0.15, 0.2) is 11.5 Å². The summed E-state index contributed by atoms with van der Waals surface area (Å²) < 4.78 is 43.0. The average Bonchev–Trinajstić information content (AvgIpc) is 2.66. The van der Waals surface area contributed by atoms with Crippen molar-refractivity contribution in [3.05, 3.63) is 59.7 Å². The van der Waals surface area contributed by atoms with Gasteiger partial charge in [0.25, 0.3) is 0 Å². The molecular formula is C18H19NO6S. The number of ether oxygens (including phenoxy) is 3. The Bertz CT molecular complexity index is 879. The molecular weight excluding hydrogens is 358 g/mol. The number of para-hydroxylation sites is 2. The Kier molecular flexibility index (Phi) is 5.43. The molecule has 0 spiro atoms. The minimum Gasteiger partial charge on any atom is -0.486 e. The van der Waals surface area contributed by atoms with E-state index in [2.05, 4.69) is 9.46 Å². The first kappa shape index (κ1) is 18.2. The Hall–Kier alpha value is -2.58. The molecule has 0 saturated carbocycles. The van der Waals surface area contributed by atoms with Crippen molar-refractivity contribution >= 4 is 16.0 Å². The summed E-state index contributed by atoms with van der Waals surface area (Å²) in [6, 6.07) is 13.5. The van der Waals surface area contributed by atoms with Gasteiger partial charge in [-0.15, -0.1) is 0 Å². The number of benzene rings is 2. The third-order valence-corrected chi connectivity index (χ3v) is 5.15. The fourth-order valence-electron chi connectivity index (χ4n) is 2.51. The van der Waals surface area contributed by atoms with Crippen LogP contribution in [-0.4, -0.2) is 40.8 Å². The van der Waals surface area contributed by atoms with E-state index in [4.69, 9.17) is 9.47 Å². The van der Waals surface area contributed by atoms with E-state index in [1.165, 1.54) is 19.2 Å². The summed E-state index contributed by atoms with van der Waals surface area (Å²) >= 11 is 0. The van der Waals surface area contributed by atoms with Crippen LogP contribution in [0.4, 0.5) is 0 Å². The number of carbonyl (C=O) groups is 1. The highest BCUT2D eigenvalue weighted by Crippen LogP contribution is 2.30. The van der Waals surface area contributed by atoms with Crippen LogP contribution in [0, 0.1) is 0 Å². The van der Waals surface area contributed by atoms with E-state index in [0.29, 0.717) is 22.6 Å². The first-order valence-corrected chi connectivity index (χ1v) is 9.65. The van der Waals surface area contributed by atoms with Gasteiger partial charge in [0.1, 0.15) is 12.7 Å². The molecule has 1 heterocycles. The van der Waals surface area contributed by atoms with Crippen LogP contribution in [0.2, 0.25) is 0 Å². The van der Waals surface area contributed by atoms with Crippen LogP contribution in [0.3, 0.4) is 0 Å². The zero-order valence-corrected chi connectivity index (χ0v) is 15.0. The first-order valence-electron chi connectivity index (χ1n) is 8.00. The van der Waals surface area contributed by atoms with Crippen molar-refractivity contribution < 1.29 is 27.4 Å². The van der Waals surface area contributed by atoms with E-state index < -0.39 is 22.1 Å². The van der Waals surface area contributed by atoms with E-state index in [9.17, 15) is 13.2 Å². The Morgan fingerprint density at radius 2 is 1.85 bits per heavy atom. The highest BCUT2D eigenvalue weighted by atomic mass is 32.2. The number of fused-ring (bicyclic) bond motifs is 1. The van der Waals surface area contributed by atoms with Crippen LogP contribution in [0.25, 0.3) is 0 Å². The maximum absolute atomic E-state index is 12.3. The lowest BCUT2D eigenvalue weighted by Crippen LogP contribution is -2.41. The van der Waals surface area contributed by atoms with Gasteiger partial charge in [-0.3, -0.25) is 0 Å². The molecule has 2 aromatic rings. The van der Waals surface area contributed by atoms with E-state index in [-0.39, 0.29) is 18.9 Å². The molecule has 26 heavy (non-hydrogen) atoms. The summed E-state index contributed by atoms with van der Waals surface area (Å²) in [7, 11) is -2.26. The summed E-state index contributed by atoms with van der Waals surface area (Å²) in [6.07, 6.45) is -0.402. The maximum Gasteiger partial charge on any atom is 0.337 e. The van der Waals surface area contributed by atoms with Crippen LogP contribution >= 0.6 is 0 Å². The third-order valence-electron chi connectivity index (χ3n) is 3.83. The molecule has 1 unspecified atom stereocenters. The van der Waals surface area contributed by atoms with Crippen LogP contribution in [0.15, 0.2) is 48.5 Å². The minimum atomic E-state index is -3.55. The smallest absolute Gasteiger partial charge is 0.337 e. The zero-order valence-electron chi connectivity index (χ0n) is 14.2. The number of carbonyl (C=O) groups excluding carboxylic acids is 1. The number of hydrogen-bond donors (Lipinski definition) is 1. The van der Waals surface area contributed by atoms with Gasteiger partial charge in [0.2, 0.25) is 10.0 Å². The topological polar surface area (TPSA) is 90.9 Å². The van der Waals surface area contributed by atoms with Gasteiger partial charge in [0, 0.05) is 0 Å². The molecule has 1 aliphatic heterocycles. The van der Waals surface area contributed by atoms with Crippen molar-refractivity contribution in [2.75, 3.05) is 20.3 Å². The number of methoxy groups -OCH3 is 1. The van der Waals surface area contributed by atoms with Crippen LogP contribution in [0.1, 0.15) is 15.9 Å². The normalized spacial score (nSPS) is 16.1. The predicted molar refractivity (Wildman–Crippen MR) is 94.8 cm³/mol. The molecule has 8 heteroatoms. The summed E-state index contributed by atoms with van der Waals surface area (Å²) in [4.78, 5) is 11.4. The molecule has 0 aliphatic carbocycles. The van der Waals surface area contributed by atoms with Gasteiger partial charge in [-0.25, -0.2) is 17.9 Å². The van der Waals surface area contributed by atoms with Gasteiger partial charge in [0.05, 0.1) is 25.0 Å². The Balaban J connectivity index is 1.55. The number of rotatable bonds is 6. The van der Waals surface area contributed by atoms with E-state index in [1.807, 2.05) is 12.1 Å². The quantitative estimate of drug-likeness (QED) is 0.771. The third kappa shape index (κ3) is 4.53. The molecule has 1 N–H and O–H groups in total. The van der Waals surface area contributed by atoms with Crippen molar-refractivity contribution in [1.29, 1.82) is 0 Å². The fraction of sp³-hybridized carbons (Fsp3) is 0.278. The van der Waals surface area contributed by atoms with Gasteiger partial charge in [-0.05, 0) is 29.8 Å². The Morgan fingerprint density at radius 1 is 1.15 bits per heavy atom. The average molecular weight is 377 g/mol. The van der Waals surface area contributed by atoms with Crippen molar-refractivity contribution in [2.24, 2.45) is 0 Å². The lowest BCUT2D eigenvalue weighted by Gasteiger charge is -2.26. The standard InChI is InChI=1S/C18H19NO6S/c1-23-18(20)14-8-6-13(7-9-14)12-26(21,22)19-10-15-11-24-16-4-2-3-5-17(16)25-15/h2-9,15,19H,10-12H2,1H3. The molecule has 0 radical (unpaired) electrons. The van der Waals surface area contributed by atoms with Gasteiger partial charge >= 0.3 is 5.97 Å². The van der Waals surface area contributed by atoms with Crippen molar-refractivity contribution in [3.63, 3.8) is 0 Å². The van der Waals surface area contributed by atoms with Crippen LogP contribution < -0.4 is 14.2 Å². The summed E-state index contributed by atoms with van der Waals surface area (Å²) in [5, 5.41) is 0. The van der Waals surface area contributed by atoms with Crippen LogP contribution in [0.5, 0.6) is 11.5 Å². The molecule has 2 aromatic carbocycles. The lowest BCUT2D eigenvalue weighted by atomic mass is 10.1. The molecule has 3 rings (SSSR count). The second-order valence-electron chi connectivity index (χ2n) is 5.79. The molecule has 1 aliphatic rings. The van der Waals surface area contributed by atoms with Gasteiger partial charge < -0.3 is 14.2 Å². The monoisotopic (exact) mass is 377 g/mol. The largest absolute Gasteiger partial charge is 0.486 e. The molecule has 138 valence electrons. The second-order valence-corrected chi connectivity index (χ2v) is 7.60. The second kappa shape index (κ2) is 7.76. The molecule has 0 aromatic heterocycles. The number of esters is 1. The predicted octanol–water partition coefficient (Wildman–Crippen LogP) is 1.73. The molecule has 7 nitrogen and oxygen atoms in total. The summed E-state index contributed by atoms with van der Waals surface area (Å²) in [5.74, 6) is 0.587. The molecule has 0 fully saturated rings. The molecule has 0 saturated heterocycles. The van der Waals surface area contributed by atoms with Crippen molar-refractivity contribution in [1.82, 2.24) is 4.72 Å². The summed E-state index contributed by atoms with van der Waals surface area (Å²) in [6.45, 7) is 0.379. The lowest BCUT2D eigenvalue weighted by molar-refractivity contribution is 0.0600. The number of sulfonamides is 1. The van der Waals surface area contributed by atoms with E-state index in [1.54, 1.807) is 24.3 Å². The summed E-state index contributed by atoms with van der Waals surface area (Å²) in [5.41, 5.74) is 0.935. The maximum atomic E-state index is 12.3. The molecule has 0 bridgehead atoms. The highest BCUT2D eigenvalue weighted by molar-refractivity contribution is 7.88. The Morgan fingerprint density at radius 3 is 2.54 bits per heavy atom. The highest BCUT2D eigenvalue weighted by Gasteiger charge is 2.22. The van der Waals surface area contributed by atoms with Crippen molar-refractivity contribution in [3.8, 4) is 11.5 Å². The van der Waals surface area contributed by atoms with E-state index >= 15 is 0 Å². The zero-order chi connectivity index (χ0) is 18.6. The number of nitrogens with one attached hydrogen (secondary N) is 1. The molecule has 1 atom stereocenters. The van der Waals surface area contributed by atoms with Crippen molar-refractivity contribution in [2.45, 2.75) is 11.9 Å². The SMILES string of the molecule is COC(=O)c1ccc(CS(=O)(=O)NCC2COc3ccccc3O2)cc1.